The number of benzene rings is 3. The van der Waals surface area contributed by atoms with Crippen molar-refractivity contribution >= 4 is 34.3 Å². The molecule has 0 aliphatic carbocycles. The van der Waals surface area contributed by atoms with Crippen LogP contribution in [0.5, 0.6) is 28.7 Å². The van der Waals surface area contributed by atoms with E-state index in [2.05, 4.69) is 15.3 Å². The molecule has 9 heteroatoms. The van der Waals surface area contributed by atoms with Crippen molar-refractivity contribution in [3.05, 3.63) is 72.1 Å². The lowest BCUT2D eigenvalue weighted by Crippen LogP contribution is -1.99. The molecule has 0 aliphatic heterocycles. The van der Waals surface area contributed by atoms with Gasteiger partial charge in [0.1, 0.15) is 29.4 Å². The van der Waals surface area contributed by atoms with Crippen LogP contribution in [-0.4, -0.2) is 51.3 Å². The van der Waals surface area contributed by atoms with Crippen LogP contribution in [0.3, 0.4) is 0 Å². The molecule has 0 spiro atoms. The number of aromatic nitrogens is 2. The number of hydrogen-bond acceptors (Lipinski definition) is 9. The molecule has 4 rings (SSSR count). The van der Waals surface area contributed by atoms with E-state index in [1.54, 1.807) is 72.0 Å². The lowest BCUT2D eigenvalue weighted by atomic mass is 10.1. The molecule has 3 aromatic carbocycles. The summed E-state index contributed by atoms with van der Waals surface area (Å²) >= 11 is 0. The Morgan fingerprint density at radius 3 is 1.97 bits per heavy atom. The molecule has 0 aliphatic rings. The summed E-state index contributed by atoms with van der Waals surface area (Å²) in [5.74, 6) is 3.25. The van der Waals surface area contributed by atoms with Crippen molar-refractivity contribution < 1.29 is 28.5 Å². The van der Waals surface area contributed by atoms with Crippen molar-refractivity contribution in [1.29, 1.82) is 0 Å². The molecular weight excluding hydrogens is 474 g/mol. The smallest absolute Gasteiger partial charge is 0.185 e. The first-order valence-electron chi connectivity index (χ1n) is 11.3. The van der Waals surface area contributed by atoms with Gasteiger partial charge < -0.3 is 29.0 Å². The molecule has 4 aromatic rings. The Labute approximate surface area is 214 Å². The van der Waals surface area contributed by atoms with Gasteiger partial charge in [-0.25, -0.2) is 9.97 Å². The van der Waals surface area contributed by atoms with E-state index in [0.29, 0.717) is 51.2 Å². The number of allylic oxidation sites excluding steroid dienone is 1. The number of carbonyl (C=O) groups excluding carboxylic acids is 1. The molecule has 0 atom stereocenters. The number of carbonyl (C=O) groups is 1. The summed E-state index contributed by atoms with van der Waals surface area (Å²) < 4.78 is 26.9. The maximum absolute atomic E-state index is 12.9. The highest BCUT2D eigenvalue weighted by Gasteiger charge is 2.13. The molecule has 1 aromatic heterocycles. The van der Waals surface area contributed by atoms with Crippen LogP contribution in [0.15, 0.2) is 60.9 Å². The van der Waals surface area contributed by atoms with Gasteiger partial charge in [0, 0.05) is 34.8 Å². The van der Waals surface area contributed by atoms with E-state index in [9.17, 15) is 4.79 Å². The number of ketones is 1. The number of anilines is 2. The predicted octanol–water partition coefficient (Wildman–Crippen LogP) is 5.31. The second-order valence-electron chi connectivity index (χ2n) is 7.79. The van der Waals surface area contributed by atoms with E-state index in [0.717, 1.165) is 11.1 Å². The molecule has 37 heavy (non-hydrogen) atoms. The van der Waals surface area contributed by atoms with Gasteiger partial charge in [0.05, 0.1) is 46.6 Å². The molecule has 0 unspecified atom stereocenters. The first-order chi connectivity index (χ1) is 18.0. The molecule has 9 nitrogen and oxygen atoms in total. The Bertz CT molecular complexity index is 1430. The van der Waals surface area contributed by atoms with Crippen molar-refractivity contribution in [2.24, 2.45) is 0 Å². The zero-order valence-electron chi connectivity index (χ0n) is 21.2. The predicted molar refractivity (Wildman–Crippen MR) is 142 cm³/mol. The zero-order chi connectivity index (χ0) is 26.4. The van der Waals surface area contributed by atoms with Crippen molar-refractivity contribution in [2.45, 2.75) is 0 Å². The van der Waals surface area contributed by atoms with Gasteiger partial charge >= 0.3 is 0 Å². The molecule has 0 saturated carbocycles. The fourth-order valence-electron chi connectivity index (χ4n) is 3.79. The number of rotatable bonds is 10. The number of hydrogen-bond donors (Lipinski definition) is 1. The summed E-state index contributed by atoms with van der Waals surface area (Å²) in [6, 6.07) is 14.2. The Kier molecular flexibility index (Phi) is 7.73. The number of ether oxygens (including phenoxy) is 5. The van der Waals surface area contributed by atoms with Gasteiger partial charge in [-0.2, -0.15) is 0 Å². The molecule has 1 heterocycles. The summed E-state index contributed by atoms with van der Waals surface area (Å²) in [5.41, 5.74) is 2.62. The largest absolute Gasteiger partial charge is 0.496 e. The van der Waals surface area contributed by atoms with Gasteiger partial charge in [-0.3, -0.25) is 4.79 Å². The van der Waals surface area contributed by atoms with E-state index in [1.807, 2.05) is 18.2 Å². The number of methoxy groups -OCH3 is 5. The van der Waals surface area contributed by atoms with E-state index in [1.165, 1.54) is 12.4 Å². The van der Waals surface area contributed by atoms with Crippen molar-refractivity contribution in [2.75, 3.05) is 40.9 Å². The van der Waals surface area contributed by atoms with Crippen LogP contribution in [-0.2, 0) is 0 Å². The number of nitrogens with zero attached hydrogens (tertiary/aromatic N) is 2. The topological polar surface area (TPSA) is 101 Å². The molecule has 0 saturated heterocycles. The van der Waals surface area contributed by atoms with Gasteiger partial charge in [-0.15, -0.1) is 0 Å². The van der Waals surface area contributed by atoms with Crippen molar-refractivity contribution in [3.8, 4) is 28.7 Å². The molecular formula is C28H27N3O6. The lowest BCUT2D eigenvalue weighted by molar-refractivity contribution is 0.104. The number of nitrogens with one attached hydrogen (secondary N) is 1. The third kappa shape index (κ3) is 5.40. The van der Waals surface area contributed by atoms with Gasteiger partial charge in [0.25, 0.3) is 0 Å². The standard InChI is InChI=1S/C28H27N3O6/c1-33-19-12-24(34-2)20(25(13-19)35-3)10-11-23(32)17-6-8-18(9-7-17)31-28-21-14-26(36-4)27(37-5)15-22(21)29-16-30-28/h6-16H,1-5H3,(H,29,30,31)/b11-10+. The van der Waals surface area contributed by atoms with Crippen LogP contribution in [0.25, 0.3) is 17.0 Å². The fraction of sp³-hybridized carbons (Fsp3) is 0.179. The Hall–Kier alpha value is -4.79. The third-order valence-corrected chi connectivity index (χ3v) is 5.73. The van der Waals surface area contributed by atoms with Crippen LogP contribution in [0.4, 0.5) is 11.5 Å². The minimum absolute atomic E-state index is 0.171. The Balaban J connectivity index is 1.55. The molecule has 0 fully saturated rings. The van der Waals surface area contributed by atoms with E-state index < -0.39 is 0 Å². The van der Waals surface area contributed by atoms with Crippen LogP contribution in [0, 0.1) is 0 Å². The molecule has 190 valence electrons. The third-order valence-electron chi connectivity index (χ3n) is 5.73. The molecule has 0 bridgehead atoms. The van der Waals surface area contributed by atoms with E-state index in [-0.39, 0.29) is 5.78 Å². The average Bonchev–Trinajstić information content (AvgIpc) is 2.95. The van der Waals surface area contributed by atoms with Gasteiger partial charge in [-0.05, 0) is 42.5 Å². The normalized spacial score (nSPS) is 10.8. The van der Waals surface area contributed by atoms with Crippen LogP contribution < -0.4 is 29.0 Å². The zero-order valence-corrected chi connectivity index (χ0v) is 21.2. The summed E-state index contributed by atoms with van der Waals surface area (Å²) in [6.07, 6.45) is 4.62. The fourth-order valence-corrected chi connectivity index (χ4v) is 3.79. The van der Waals surface area contributed by atoms with E-state index in [4.69, 9.17) is 23.7 Å². The Morgan fingerprint density at radius 1 is 0.757 bits per heavy atom. The monoisotopic (exact) mass is 501 g/mol. The summed E-state index contributed by atoms with van der Waals surface area (Å²) in [5, 5.41) is 4.05. The van der Waals surface area contributed by atoms with Crippen LogP contribution in [0.2, 0.25) is 0 Å². The second-order valence-corrected chi connectivity index (χ2v) is 7.79. The highest BCUT2D eigenvalue weighted by Crippen LogP contribution is 2.36. The highest BCUT2D eigenvalue weighted by molar-refractivity contribution is 6.07. The van der Waals surface area contributed by atoms with Crippen LogP contribution >= 0.6 is 0 Å². The van der Waals surface area contributed by atoms with Crippen molar-refractivity contribution in [3.63, 3.8) is 0 Å². The summed E-state index contributed by atoms with van der Waals surface area (Å²) in [7, 11) is 7.81. The van der Waals surface area contributed by atoms with Gasteiger partial charge in [-0.1, -0.05) is 0 Å². The first-order valence-corrected chi connectivity index (χ1v) is 11.3. The average molecular weight is 502 g/mol. The SMILES string of the molecule is COc1cc(OC)c(/C=C/C(=O)c2ccc(Nc3ncnc4cc(OC)c(OC)cc34)cc2)c(OC)c1. The summed E-state index contributed by atoms with van der Waals surface area (Å²) in [4.78, 5) is 21.5. The molecule has 0 amide bonds. The second kappa shape index (κ2) is 11.3. The maximum Gasteiger partial charge on any atom is 0.185 e. The maximum atomic E-state index is 12.9. The Morgan fingerprint density at radius 2 is 1.38 bits per heavy atom. The first kappa shape index (κ1) is 25.3. The quantitative estimate of drug-likeness (QED) is 0.229. The van der Waals surface area contributed by atoms with E-state index >= 15 is 0 Å². The summed E-state index contributed by atoms with van der Waals surface area (Å²) in [6.45, 7) is 0. The minimum atomic E-state index is -0.171. The van der Waals surface area contributed by atoms with Crippen LogP contribution in [0.1, 0.15) is 15.9 Å². The van der Waals surface area contributed by atoms with Gasteiger partial charge in [0.15, 0.2) is 17.3 Å². The van der Waals surface area contributed by atoms with Crippen molar-refractivity contribution in [1.82, 2.24) is 9.97 Å². The number of fused-ring (bicyclic) bond motifs is 1. The minimum Gasteiger partial charge on any atom is -0.496 e. The highest BCUT2D eigenvalue weighted by atomic mass is 16.5. The van der Waals surface area contributed by atoms with Gasteiger partial charge in [0.2, 0.25) is 0 Å². The molecule has 1 N–H and O–H groups in total. The molecule has 0 radical (unpaired) electrons. The lowest BCUT2D eigenvalue weighted by Gasteiger charge is -2.12.